The molecule has 9 aromatic rings. The first kappa shape index (κ1) is 26.2. The highest BCUT2D eigenvalue weighted by molar-refractivity contribution is 5.90. The fourth-order valence-corrected chi connectivity index (χ4v) is 6.82. The van der Waals surface area contributed by atoms with Gasteiger partial charge in [0.2, 0.25) is 0 Å². The minimum Gasteiger partial charge on any atom is -0.310 e. The largest absolute Gasteiger partial charge is 0.310 e. The van der Waals surface area contributed by atoms with E-state index in [2.05, 4.69) is 84.9 Å². The lowest BCUT2D eigenvalue weighted by Gasteiger charge is -2.27. The van der Waals surface area contributed by atoms with Crippen molar-refractivity contribution in [2.24, 2.45) is 0 Å². The van der Waals surface area contributed by atoms with Crippen molar-refractivity contribution < 1.29 is 5.48 Å². The van der Waals surface area contributed by atoms with Crippen LogP contribution in [0.5, 0.6) is 0 Å². The molecule has 0 atom stereocenters. The Morgan fingerprint density at radius 3 is 1.18 bits per heavy atom. The lowest BCUT2D eigenvalue weighted by molar-refractivity contribution is 1.28. The molecule has 240 valence electrons. The average molecular weight is 654 g/mol. The lowest BCUT2D eigenvalue weighted by Crippen LogP contribution is -2.10. The first-order valence-electron chi connectivity index (χ1n) is 19.2. The number of anilines is 3. The van der Waals surface area contributed by atoms with Crippen LogP contribution in [0.15, 0.2) is 212 Å². The highest BCUT2D eigenvalue weighted by Gasteiger charge is 2.15. The van der Waals surface area contributed by atoms with E-state index >= 15 is 0 Å². The maximum atomic E-state index is 9.51. The molecule has 9 aromatic carbocycles. The molecule has 0 amide bonds. The Balaban J connectivity index is 1.21. The van der Waals surface area contributed by atoms with E-state index < -0.39 is 0 Å². The molecule has 0 unspecified atom stereocenters. The van der Waals surface area contributed by atoms with Gasteiger partial charge >= 0.3 is 0 Å². The van der Waals surface area contributed by atoms with Crippen molar-refractivity contribution in [2.45, 2.75) is 0 Å². The summed E-state index contributed by atoms with van der Waals surface area (Å²) in [6.07, 6.45) is 0. The highest BCUT2D eigenvalue weighted by Crippen LogP contribution is 2.39. The third kappa shape index (κ3) is 6.18. The van der Waals surface area contributed by atoms with Gasteiger partial charge in [-0.15, -0.1) is 0 Å². The van der Waals surface area contributed by atoms with Crippen LogP contribution in [0.25, 0.3) is 66.1 Å². The van der Waals surface area contributed by atoms with Gasteiger partial charge in [0, 0.05) is 17.1 Å². The van der Waals surface area contributed by atoms with E-state index in [0.717, 1.165) is 66.3 Å². The van der Waals surface area contributed by atoms with Gasteiger partial charge in [-0.25, -0.2) is 0 Å². The molecule has 1 nitrogen and oxygen atoms in total. The van der Waals surface area contributed by atoms with Crippen molar-refractivity contribution in [2.75, 3.05) is 4.90 Å². The molecule has 0 saturated heterocycles. The Kier molecular flexibility index (Phi) is 6.84. The maximum absolute atomic E-state index is 9.51. The molecular formula is C50H35N. The Morgan fingerprint density at radius 1 is 0.255 bits per heavy atom. The molecule has 0 N–H and O–H groups in total. The van der Waals surface area contributed by atoms with Gasteiger partial charge in [-0.05, 0) is 115 Å². The summed E-state index contributed by atoms with van der Waals surface area (Å²) in [6, 6.07) is 62.9. The van der Waals surface area contributed by atoms with Crippen LogP contribution in [0, 0.1) is 0 Å². The first-order valence-corrected chi connectivity index (χ1v) is 17.2. The standard InChI is InChI=1S/C50H35N/c1-2-10-36(11-3-1)39-20-22-40(23-21-39)41-28-30-48(31-29-41)51(49-18-8-16-44(34-49)46-26-24-37-12-4-6-14-42(37)32-46)50-19-9-17-45(35-50)47-27-25-38-13-5-7-15-43(38)33-47/h1-35H/i28D,29D,30D,31D. The Labute approximate surface area is 305 Å². The Bertz CT molecular complexity index is 2710. The number of nitrogens with zero attached hydrogens (tertiary/aromatic N) is 1. The molecule has 0 aromatic heterocycles. The summed E-state index contributed by atoms with van der Waals surface area (Å²) in [7, 11) is 0. The van der Waals surface area contributed by atoms with Gasteiger partial charge in [-0.3, -0.25) is 0 Å². The smallest absolute Gasteiger partial charge is 0.0645 e. The van der Waals surface area contributed by atoms with Gasteiger partial charge in [0.1, 0.15) is 0 Å². The second kappa shape index (κ2) is 13.3. The van der Waals surface area contributed by atoms with Crippen LogP contribution in [-0.2, 0) is 0 Å². The second-order valence-electron chi connectivity index (χ2n) is 12.7. The van der Waals surface area contributed by atoms with E-state index in [1.165, 1.54) is 0 Å². The number of hydrogen-bond donors (Lipinski definition) is 0. The third-order valence-corrected chi connectivity index (χ3v) is 9.49. The predicted octanol–water partition coefficient (Wildman–Crippen LogP) is 14.1. The molecule has 0 bridgehead atoms. The molecule has 0 heterocycles. The summed E-state index contributed by atoms with van der Waals surface area (Å²) in [5.41, 5.74) is 8.65. The topological polar surface area (TPSA) is 3.24 Å². The van der Waals surface area contributed by atoms with E-state index in [1.807, 2.05) is 108 Å². The van der Waals surface area contributed by atoms with Crippen molar-refractivity contribution in [3.8, 4) is 44.5 Å². The maximum Gasteiger partial charge on any atom is 0.0645 e. The SMILES string of the molecule is [2H]c1c([2H])c(N(c2cccc(-c3ccc4ccccc4c3)c2)c2cccc(-c3ccc4ccccc4c3)c2)c([2H])c([2H])c1-c1ccc(-c2ccccc2)cc1. The zero-order valence-corrected chi connectivity index (χ0v) is 27.8. The summed E-state index contributed by atoms with van der Waals surface area (Å²) in [4.78, 5) is 1.87. The predicted molar refractivity (Wildman–Crippen MR) is 218 cm³/mol. The van der Waals surface area contributed by atoms with Crippen LogP contribution in [-0.4, -0.2) is 0 Å². The zero-order valence-electron chi connectivity index (χ0n) is 31.8. The molecule has 0 aliphatic heterocycles. The molecule has 0 aliphatic carbocycles. The molecule has 0 spiro atoms. The van der Waals surface area contributed by atoms with Crippen LogP contribution in [0.1, 0.15) is 5.48 Å². The molecular weight excluding hydrogens is 615 g/mol. The number of fused-ring (bicyclic) bond motifs is 2. The summed E-state index contributed by atoms with van der Waals surface area (Å²) < 4.78 is 37.7. The molecule has 51 heavy (non-hydrogen) atoms. The monoisotopic (exact) mass is 653 g/mol. The van der Waals surface area contributed by atoms with Crippen LogP contribution in [0.4, 0.5) is 17.1 Å². The zero-order chi connectivity index (χ0) is 37.5. The summed E-state index contributed by atoms with van der Waals surface area (Å²) >= 11 is 0. The molecule has 1 heteroatoms. The van der Waals surface area contributed by atoms with Crippen molar-refractivity contribution in [1.82, 2.24) is 0 Å². The molecule has 9 rings (SSSR count). The van der Waals surface area contributed by atoms with Crippen molar-refractivity contribution >= 4 is 38.6 Å². The molecule has 0 radical (unpaired) electrons. The van der Waals surface area contributed by atoms with Crippen LogP contribution in [0.2, 0.25) is 0 Å². The van der Waals surface area contributed by atoms with Gasteiger partial charge < -0.3 is 4.90 Å². The van der Waals surface area contributed by atoms with Gasteiger partial charge in [0.05, 0.1) is 5.48 Å². The van der Waals surface area contributed by atoms with E-state index in [4.69, 9.17) is 0 Å². The first-order chi connectivity index (χ1) is 26.9. The average Bonchev–Trinajstić information content (AvgIpc) is 3.25. The van der Waals surface area contributed by atoms with Gasteiger partial charge in [0.15, 0.2) is 0 Å². The summed E-state index contributed by atoms with van der Waals surface area (Å²) in [6.45, 7) is 0. The second-order valence-corrected chi connectivity index (χ2v) is 12.7. The van der Waals surface area contributed by atoms with E-state index in [9.17, 15) is 5.48 Å². The van der Waals surface area contributed by atoms with Crippen LogP contribution < -0.4 is 4.90 Å². The summed E-state index contributed by atoms with van der Waals surface area (Å²) in [5.74, 6) is 0. The van der Waals surface area contributed by atoms with E-state index in [-0.39, 0.29) is 35.4 Å². The number of hydrogen-bond acceptors (Lipinski definition) is 1. The van der Waals surface area contributed by atoms with Gasteiger partial charge in [-0.1, -0.05) is 164 Å². The highest BCUT2D eigenvalue weighted by atomic mass is 15.1. The molecule has 0 aliphatic rings. The van der Waals surface area contributed by atoms with Crippen LogP contribution >= 0.6 is 0 Å². The molecule has 0 saturated carbocycles. The fourth-order valence-electron chi connectivity index (χ4n) is 6.82. The van der Waals surface area contributed by atoms with E-state index in [1.54, 1.807) is 0 Å². The molecule has 0 fully saturated rings. The summed E-state index contributed by atoms with van der Waals surface area (Å²) in [5, 5.41) is 4.59. The van der Waals surface area contributed by atoms with Gasteiger partial charge in [0.25, 0.3) is 0 Å². The number of rotatable bonds is 7. The van der Waals surface area contributed by atoms with Crippen molar-refractivity contribution in [1.29, 1.82) is 0 Å². The van der Waals surface area contributed by atoms with Crippen LogP contribution in [0.3, 0.4) is 0 Å². The normalized spacial score (nSPS) is 12.2. The fraction of sp³-hybridized carbons (Fsp3) is 0. The van der Waals surface area contributed by atoms with E-state index in [0.29, 0.717) is 5.56 Å². The van der Waals surface area contributed by atoms with Gasteiger partial charge in [-0.2, -0.15) is 0 Å². The number of benzene rings is 9. The minimum absolute atomic E-state index is 0.0928. The quantitative estimate of drug-likeness (QED) is 0.165. The third-order valence-electron chi connectivity index (χ3n) is 9.49. The van der Waals surface area contributed by atoms with Crippen molar-refractivity contribution in [3.63, 3.8) is 0 Å². The lowest BCUT2D eigenvalue weighted by atomic mass is 9.99. The van der Waals surface area contributed by atoms with Crippen molar-refractivity contribution in [3.05, 3.63) is 212 Å². The minimum atomic E-state index is -0.115. The Hall–Kier alpha value is -6.70. The Morgan fingerprint density at radius 2 is 0.647 bits per heavy atom.